The zero-order valence-electron chi connectivity index (χ0n) is 11.8. The molecule has 1 fully saturated rings. The highest BCUT2D eigenvalue weighted by atomic mass is 16.6. The van der Waals surface area contributed by atoms with Crippen molar-refractivity contribution in [3.8, 4) is 0 Å². The van der Waals surface area contributed by atoms with Crippen LogP contribution in [0.2, 0.25) is 0 Å². The average molecular weight is 272 g/mol. The molecular formula is C13H24N2O4. The van der Waals surface area contributed by atoms with Crippen LogP contribution in [0, 0.1) is 11.8 Å². The number of nitrogens with two attached hydrogens (primary N) is 1. The smallest absolute Gasteiger partial charge is 0.407 e. The summed E-state index contributed by atoms with van der Waals surface area (Å²) in [4.78, 5) is 22.7. The molecule has 3 unspecified atom stereocenters. The van der Waals surface area contributed by atoms with Gasteiger partial charge in [-0.25, -0.2) is 4.79 Å². The highest BCUT2D eigenvalue weighted by molar-refractivity contribution is 5.77. The molecule has 2 amide bonds. The van der Waals surface area contributed by atoms with E-state index in [-0.39, 0.29) is 24.3 Å². The van der Waals surface area contributed by atoms with Gasteiger partial charge in [-0.1, -0.05) is 0 Å². The van der Waals surface area contributed by atoms with Crippen LogP contribution in [0.15, 0.2) is 0 Å². The van der Waals surface area contributed by atoms with Crippen molar-refractivity contribution < 1.29 is 19.4 Å². The van der Waals surface area contributed by atoms with Crippen molar-refractivity contribution in [1.29, 1.82) is 0 Å². The Morgan fingerprint density at radius 1 is 1.42 bits per heavy atom. The van der Waals surface area contributed by atoms with Gasteiger partial charge in [0.25, 0.3) is 0 Å². The minimum absolute atomic E-state index is 0.130. The van der Waals surface area contributed by atoms with Crippen LogP contribution in [0.5, 0.6) is 0 Å². The Kier molecular flexibility index (Phi) is 5.17. The summed E-state index contributed by atoms with van der Waals surface area (Å²) in [6, 6.07) is -0.401. The van der Waals surface area contributed by atoms with Crippen LogP contribution in [-0.2, 0) is 9.53 Å². The second-order valence-corrected chi connectivity index (χ2v) is 6.11. The van der Waals surface area contributed by atoms with Crippen molar-refractivity contribution in [3.05, 3.63) is 0 Å². The van der Waals surface area contributed by atoms with Crippen molar-refractivity contribution in [3.63, 3.8) is 0 Å². The number of hydrogen-bond acceptors (Lipinski definition) is 4. The lowest BCUT2D eigenvalue weighted by Crippen LogP contribution is -2.45. The van der Waals surface area contributed by atoms with Crippen molar-refractivity contribution in [1.82, 2.24) is 5.32 Å². The summed E-state index contributed by atoms with van der Waals surface area (Å²) in [5, 5.41) is 11.9. The van der Waals surface area contributed by atoms with E-state index in [1.165, 1.54) is 0 Å². The van der Waals surface area contributed by atoms with Crippen LogP contribution in [0.25, 0.3) is 0 Å². The molecule has 6 nitrogen and oxygen atoms in total. The molecule has 6 heteroatoms. The molecule has 0 saturated heterocycles. The fourth-order valence-corrected chi connectivity index (χ4v) is 2.24. The summed E-state index contributed by atoms with van der Waals surface area (Å²) in [6.07, 6.45) is 1.69. The minimum atomic E-state index is -0.573. The summed E-state index contributed by atoms with van der Waals surface area (Å²) < 4.78 is 5.12. The number of alkyl carbamates (subject to hydrolysis) is 1. The van der Waals surface area contributed by atoms with Crippen molar-refractivity contribution >= 4 is 12.0 Å². The Bertz CT molecular complexity index is 338. The molecule has 1 aliphatic rings. The Balaban J connectivity index is 2.42. The molecule has 0 radical (unpaired) electrons. The molecule has 19 heavy (non-hydrogen) atoms. The predicted molar refractivity (Wildman–Crippen MR) is 70.3 cm³/mol. The first kappa shape index (κ1) is 15.8. The first-order valence-corrected chi connectivity index (χ1v) is 6.62. The van der Waals surface area contributed by atoms with Gasteiger partial charge in [-0.05, 0) is 46.0 Å². The van der Waals surface area contributed by atoms with Gasteiger partial charge in [0.05, 0.1) is 12.6 Å². The summed E-state index contributed by atoms with van der Waals surface area (Å²) in [6.45, 7) is 5.14. The van der Waals surface area contributed by atoms with Gasteiger partial charge >= 0.3 is 6.09 Å². The molecule has 4 N–H and O–H groups in total. The topological polar surface area (TPSA) is 102 Å². The van der Waals surface area contributed by atoms with Crippen molar-refractivity contribution in [2.24, 2.45) is 17.6 Å². The SMILES string of the molecule is CC(C)(C)OC(=O)NC(CO)CC1CCC1C(N)=O. The second kappa shape index (κ2) is 6.23. The third kappa shape index (κ3) is 5.06. The van der Waals surface area contributed by atoms with Gasteiger partial charge in [0.2, 0.25) is 5.91 Å². The lowest BCUT2D eigenvalue weighted by atomic mass is 9.70. The summed E-state index contributed by atoms with van der Waals surface area (Å²) in [5.74, 6) is -0.288. The zero-order chi connectivity index (χ0) is 14.6. The number of ether oxygens (including phenoxy) is 1. The van der Waals surface area contributed by atoms with E-state index in [4.69, 9.17) is 10.5 Å². The maximum absolute atomic E-state index is 11.6. The maximum atomic E-state index is 11.6. The molecule has 0 aromatic rings. The minimum Gasteiger partial charge on any atom is -0.444 e. The summed E-state index contributed by atoms with van der Waals surface area (Å²) in [5.41, 5.74) is 4.70. The molecule has 1 saturated carbocycles. The van der Waals surface area contributed by atoms with Gasteiger partial charge in [0.15, 0.2) is 0 Å². The fourth-order valence-electron chi connectivity index (χ4n) is 2.24. The highest BCUT2D eigenvalue weighted by Crippen LogP contribution is 2.37. The molecule has 0 bridgehead atoms. The molecule has 0 aromatic heterocycles. The van der Waals surface area contributed by atoms with E-state index in [0.29, 0.717) is 6.42 Å². The Hall–Kier alpha value is -1.30. The molecule has 1 aliphatic carbocycles. The summed E-state index contributed by atoms with van der Waals surface area (Å²) in [7, 11) is 0. The third-order valence-corrected chi connectivity index (χ3v) is 3.31. The second-order valence-electron chi connectivity index (χ2n) is 6.11. The Morgan fingerprint density at radius 2 is 2.05 bits per heavy atom. The number of primary amides is 1. The molecular weight excluding hydrogens is 248 g/mol. The summed E-state index contributed by atoms with van der Waals surface area (Å²) >= 11 is 0. The predicted octanol–water partition coefficient (Wildman–Crippen LogP) is 0.774. The average Bonchev–Trinajstić information content (AvgIpc) is 2.18. The lowest BCUT2D eigenvalue weighted by Gasteiger charge is -2.36. The first-order valence-electron chi connectivity index (χ1n) is 6.62. The largest absolute Gasteiger partial charge is 0.444 e. The molecule has 0 aliphatic heterocycles. The standard InChI is InChI=1S/C13H24N2O4/c1-13(2,3)19-12(18)15-9(7-16)6-8-4-5-10(8)11(14)17/h8-10,16H,4-7H2,1-3H3,(H2,14,17)(H,15,18). The van der Waals surface area contributed by atoms with Crippen molar-refractivity contribution in [2.45, 2.75) is 51.7 Å². The molecule has 1 rings (SSSR count). The van der Waals surface area contributed by atoms with Crippen molar-refractivity contribution in [2.75, 3.05) is 6.61 Å². The number of rotatable bonds is 5. The molecule has 110 valence electrons. The Morgan fingerprint density at radius 3 is 2.42 bits per heavy atom. The zero-order valence-corrected chi connectivity index (χ0v) is 11.8. The van der Waals surface area contributed by atoms with E-state index in [1.807, 2.05) is 0 Å². The lowest BCUT2D eigenvalue weighted by molar-refractivity contribution is -0.127. The van der Waals surface area contributed by atoms with Gasteiger partial charge in [0, 0.05) is 5.92 Å². The number of nitrogens with one attached hydrogen (secondary N) is 1. The van der Waals surface area contributed by atoms with Gasteiger partial charge in [0.1, 0.15) is 5.60 Å². The van der Waals surface area contributed by atoms with E-state index in [9.17, 15) is 14.7 Å². The van der Waals surface area contributed by atoms with Crippen LogP contribution in [0.1, 0.15) is 40.0 Å². The third-order valence-electron chi connectivity index (χ3n) is 3.31. The first-order chi connectivity index (χ1) is 8.73. The molecule has 0 spiro atoms. The van der Waals surface area contributed by atoms with E-state index < -0.39 is 17.7 Å². The van der Waals surface area contributed by atoms with Gasteiger partial charge < -0.3 is 20.9 Å². The number of aliphatic hydroxyl groups excluding tert-OH is 1. The molecule has 3 atom stereocenters. The maximum Gasteiger partial charge on any atom is 0.407 e. The number of amides is 2. The molecule has 0 aromatic carbocycles. The van der Waals surface area contributed by atoms with E-state index in [0.717, 1.165) is 12.8 Å². The van der Waals surface area contributed by atoms with Crippen LogP contribution < -0.4 is 11.1 Å². The fraction of sp³-hybridized carbons (Fsp3) is 0.846. The number of aliphatic hydroxyl groups is 1. The van der Waals surface area contributed by atoms with Gasteiger partial charge in [-0.2, -0.15) is 0 Å². The number of carbonyl (C=O) groups is 2. The van der Waals surface area contributed by atoms with E-state index >= 15 is 0 Å². The monoisotopic (exact) mass is 272 g/mol. The number of hydrogen-bond donors (Lipinski definition) is 3. The normalized spacial score (nSPS) is 24.2. The molecule has 0 heterocycles. The van der Waals surface area contributed by atoms with Gasteiger partial charge in [-0.3, -0.25) is 4.79 Å². The van der Waals surface area contributed by atoms with Crippen LogP contribution in [0.3, 0.4) is 0 Å². The highest BCUT2D eigenvalue weighted by Gasteiger charge is 2.36. The van der Waals surface area contributed by atoms with Crippen LogP contribution in [-0.4, -0.2) is 35.4 Å². The quantitative estimate of drug-likeness (QED) is 0.688. The van der Waals surface area contributed by atoms with Gasteiger partial charge in [-0.15, -0.1) is 0 Å². The Labute approximate surface area is 113 Å². The van der Waals surface area contributed by atoms with Crippen LogP contribution >= 0.6 is 0 Å². The van der Waals surface area contributed by atoms with Crippen LogP contribution in [0.4, 0.5) is 4.79 Å². The van der Waals surface area contributed by atoms with E-state index in [1.54, 1.807) is 20.8 Å². The van der Waals surface area contributed by atoms with E-state index in [2.05, 4.69) is 5.32 Å². The number of carbonyl (C=O) groups excluding carboxylic acids is 2.